The van der Waals surface area contributed by atoms with Crippen molar-refractivity contribution in [3.8, 4) is 17.1 Å². The molecule has 0 fully saturated rings. The molecule has 0 bridgehead atoms. The van der Waals surface area contributed by atoms with Gasteiger partial charge in [-0.1, -0.05) is 30.3 Å². The molecule has 0 saturated heterocycles. The van der Waals surface area contributed by atoms with Crippen molar-refractivity contribution in [2.75, 3.05) is 5.73 Å². The van der Waals surface area contributed by atoms with Gasteiger partial charge in [0.2, 0.25) is 0 Å². The predicted molar refractivity (Wildman–Crippen MR) is 125 cm³/mol. The highest BCUT2D eigenvalue weighted by molar-refractivity contribution is 6.03. The van der Waals surface area contributed by atoms with Crippen molar-refractivity contribution in [1.29, 1.82) is 0 Å². The van der Waals surface area contributed by atoms with Crippen molar-refractivity contribution in [2.45, 2.75) is 26.5 Å². The highest BCUT2D eigenvalue weighted by Gasteiger charge is 2.24. The molecule has 3 aromatic heterocycles. The number of hydrogen-bond donors (Lipinski definition) is 2. The van der Waals surface area contributed by atoms with Crippen LogP contribution in [-0.4, -0.2) is 35.5 Å². The van der Waals surface area contributed by atoms with Crippen molar-refractivity contribution in [3.05, 3.63) is 66.5 Å². The molecule has 0 amide bonds. The van der Waals surface area contributed by atoms with E-state index in [0.717, 1.165) is 5.56 Å². The maximum Gasteiger partial charge on any atom is 0.416 e. The standard InChI is InChI=1S/C24H22N6O3/c1-14(2)30-23-20(22(25)26-13-27-23)21(28-30)19-11-16-10-17(8-9-18(16)29(19)24(31)32)33-12-15-6-4-3-5-7-15/h3-11,13-14H,12H2,1-2H3,(H,31,32)(H2,25,26,27). The molecule has 0 spiro atoms. The summed E-state index contributed by atoms with van der Waals surface area (Å²) < 4.78 is 8.85. The first-order valence-electron chi connectivity index (χ1n) is 10.5. The molecule has 3 N–H and O–H groups in total. The fourth-order valence-electron chi connectivity index (χ4n) is 3.94. The van der Waals surface area contributed by atoms with Crippen molar-refractivity contribution in [2.24, 2.45) is 0 Å². The van der Waals surface area contributed by atoms with Gasteiger partial charge >= 0.3 is 6.09 Å². The number of nitrogens with zero attached hydrogens (tertiary/aromatic N) is 5. The number of carboxylic acid groups (broad SMARTS) is 1. The van der Waals surface area contributed by atoms with Gasteiger partial charge in [-0.15, -0.1) is 0 Å². The molecule has 166 valence electrons. The summed E-state index contributed by atoms with van der Waals surface area (Å²) in [6, 6.07) is 16.9. The van der Waals surface area contributed by atoms with E-state index in [2.05, 4.69) is 15.1 Å². The average Bonchev–Trinajstić information content (AvgIpc) is 3.37. The van der Waals surface area contributed by atoms with Crippen LogP contribution in [0.15, 0.2) is 60.9 Å². The maximum atomic E-state index is 12.3. The molecule has 2 aromatic carbocycles. The molecule has 0 aliphatic rings. The summed E-state index contributed by atoms with van der Waals surface area (Å²) in [4.78, 5) is 20.7. The van der Waals surface area contributed by atoms with Gasteiger partial charge in [0.25, 0.3) is 0 Å². The van der Waals surface area contributed by atoms with E-state index in [-0.39, 0.29) is 11.9 Å². The van der Waals surface area contributed by atoms with Crippen LogP contribution in [0.2, 0.25) is 0 Å². The summed E-state index contributed by atoms with van der Waals surface area (Å²) >= 11 is 0. The Labute approximate surface area is 189 Å². The molecule has 9 nitrogen and oxygen atoms in total. The zero-order valence-corrected chi connectivity index (χ0v) is 18.1. The summed E-state index contributed by atoms with van der Waals surface area (Å²) in [5.74, 6) is 0.886. The first-order valence-corrected chi connectivity index (χ1v) is 10.5. The number of nitrogen functional groups attached to an aromatic ring is 1. The first-order chi connectivity index (χ1) is 15.9. The fourth-order valence-corrected chi connectivity index (χ4v) is 3.94. The Balaban J connectivity index is 1.64. The molecule has 0 saturated carbocycles. The van der Waals surface area contributed by atoms with Crippen molar-refractivity contribution in [1.82, 2.24) is 24.3 Å². The molecule has 0 atom stereocenters. The number of benzene rings is 2. The Morgan fingerprint density at radius 3 is 2.64 bits per heavy atom. The number of rotatable bonds is 5. The topological polar surface area (TPSA) is 121 Å². The van der Waals surface area contributed by atoms with Gasteiger partial charge in [0.05, 0.1) is 16.6 Å². The van der Waals surface area contributed by atoms with Gasteiger partial charge in [0.1, 0.15) is 30.2 Å². The molecule has 0 aliphatic heterocycles. The third-order valence-corrected chi connectivity index (χ3v) is 5.46. The molecule has 33 heavy (non-hydrogen) atoms. The largest absolute Gasteiger partial charge is 0.489 e. The van der Waals surface area contributed by atoms with E-state index < -0.39 is 6.09 Å². The van der Waals surface area contributed by atoms with Crippen LogP contribution in [0.3, 0.4) is 0 Å². The van der Waals surface area contributed by atoms with Gasteiger partial charge in [0.15, 0.2) is 5.65 Å². The average molecular weight is 442 g/mol. The van der Waals surface area contributed by atoms with Crippen LogP contribution in [0.4, 0.5) is 10.6 Å². The fraction of sp³-hybridized carbons (Fsp3) is 0.167. The number of anilines is 1. The lowest BCUT2D eigenvalue weighted by atomic mass is 10.2. The molecule has 0 unspecified atom stereocenters. The molecule has 9 heteroatoms. The Morgan fingerprint density at radius 2 is 1.91 bits per heavy atom. The van der Waals surface area contributed by atoms with E-state index in [9.17, 15) is 9.90 Å². The molecular weight excluding hydrogens is 420 g/mol. The maximum absolute atomic E-state index is 12.3. The van der Waals surface area contributed by atoms with Gasteiger partial charge in [0, 0.05) is 11.4 Å². The zero-order valence-electron chi connectivity index (χ0n) is 18.1. The van der Waals surface area contributed by atoms with Gasteiger partial charge in [-0.05, 0) is 43.7 Å². The number of nitrogens with two attached hydrogens (primary N) is 1. The van der Waals surface area contributed by atoms with Crippen LogP contribution in [0.1, 0.15) is 25.5 Å². The molecule has 5 rings (SSSR count). The lowest BCUT2D eigenvalue weighted by Gasteiger charge is -2.07. The number of fused-ring (bicyclic) bond motifs is 2. The summed E-state index contributed by atoms with van der Waals surface area (Å²) in [6.07, 6.45) is 0.256. The predicted octanol–water partition coefficient (Wildman–Crippen LogP) is 4.72. The second-order valence-corrected chi connectivity index (χ2v) is 7.99. The van der Waals surface area contributed by atoms with Crippen molar-refractivity contribution >= 4 is 33.8 Å². The van der Waals surface area contributed by atoms with Crippen molar-refractivity contribution in [3.63, 3.8) is 0 Å². The van der Waals surface area contributed by atoms with E-state index >= 15 is 0 Å². The Bertz CT molecular complexity index is 1490. The highest BCUT2D eigenvalue weighted by Crippen LogP contribution is 2.36. The lowest BCUT2D eigenvalue weighted by molar-refractivity contribution is 0.198. The Hall–Kier alpha value is -4.40. The molecule has 0 radical (unpaired) electrons. The number of ether oxygens (including phenoxy) is 1. The van der Waals surface area contributed by atoms with E-state index in [1.54, 1.807) is 22.9 Å². The quantitative estimate of drug-likeness (QED) is 0.404. The van der Waals surface area contributed by atoms with Crippen LogP contribution < -0.4 is 10.5 Å². The Kier molecular flexibility index (Phi) is 4.93. The minimum Gasteiger partial charge on any atom is -0.489 e. The summed E-state index contributed by atoms with van der Waals surface area (Å²) in [6.45, 7) is 4.35. The van der Waals surface area contributed by atoms with Crippen LogP contribution in [-0.2, 0) is 6.61 Å². The van der Waals surface area contributed by atoms with Crippen LogP contribution >= 0.6 is 0 Å². The minimum atomic E-state index is -1.12. The second-order valence-electron chi connectivity index (χ2n) is 7.99. The van der Waals surface area contributed by atoms with Gasteiger partial charge in [-0.2, -0.15) is 5.10 Å². The monoisotopic (exact) mass is 442 g/mol. The smallest absolute Gasteiger partial charge is 0.416 e. The highest BCUT2D eigenvalue weighted by atomic mass is 16.5. The van der Waals surface area contributed by atoms with E-state index in [0.29, 0.717) is 45.7 Å². The number of aromatic nitrogens is 5. The third kappa shape index (κ3) is 3.53. The third-order valence-electron chi connectivity index (χ3n) is 5.46. The number of hydrogen-bond acceptors (Lipinski definition) is 6. The Morgan fingerprint density at radius 1 is 1.12 bits per heavy atom. The van der Waals surface area contributed by atoms with E-state index in [1.807, 2.05) is 50.2 Å². The summed E-state index contributed by atoms with van der Waals surface area (Å²) in [7, 11) is 0. The summed E-state index contributed by atoms with van der Waals surface area (Å²) in [5, 5.41) is 15.9. The minimum absolute atomic E-state index is 0.00352. The van der Waals surface area contributed by atoms with Crippen LogP contribution in [0.25, 0.3) is 33.3 Å². The molecule has 0 aliphatic carbocycles. The van der Waals surface area contributed by atoms with Gasteiger partial charge in [-0.25, -0.2) is 24.0 Å². The first kappa shape index (κ1) is 20.5. The lowest BCUT2D eigenvalue weighted by Crippen LogP contribution is -2.10. The second kappa shape index (κ2) is 7.94. The molecule has 5 aromatic rings. The van der Waals surface area contributed by atoms with E-state index in [1.165, 1.54) is 10.9 Å². The summed E-state index contributed by atoms with van der Waals surface area (Å²) in [5.41, 5.74) is 9.10. The van der Waals surface area contributed by atoms with Crippen LogP contribution in [0, 0.1) is 0 Å². The normalized spacial score (nSPS) is 11.5. The molecule has 3 heterocycles. The van der Waals surface area contributed by atoms with Crippen LogP contribution in [0.5, 0.6) is 5.75 Å². The SMILES string of the molecule is CC(C)n1nc(-c2cc3cc(OCc4ccccc4)ccc3n2C(=O)O)c2c(N)ncnc21. The van der Waals surface area contributed by atoms with Gasteiger partial charge in [-0.3, -0.25) is 0 Å². The zero-order chi connectivity index (χ0) is 23.1. The van der Waals surface area contributed by atoms with Crippen molar-refractivity contribution < 1.29 is 14.6 Å². The number of carbonyl (C=O) groups is 1. The van der Waals surface area contributed by atoms with Gasteiger partial charge < -0.3 is 15.6 Å². The van der Waals surface area contributed by atoms with E-state index in [4.69, 9.17) is 10.5 Å². The molecular formula is C24H22N6O3.